The summed E-state index contributed by atoms with van der Waals surface area (Å²) in [7, 11) is -3.99. The molecular weight excluding hydrogens is 378 g/mol. The molecule has 2 aromatic carbocycles. The average Bonchev–Trinajstić information content (AvgIpc) is 3.14. The van der Waals surface area contributed by atoms with Crippen molar-refractivity contribution in [1.29, 1.82) is 0 Å². The van der Waals surface area contributed by atoms with Gasteiger partial charge in [-0.1, -0.05) is 48.5 Å². The third-order valence-corrected chi connectivity index (χ3v) is 5.68. The van der Waals surface area contributed by atoms with Crippen molar-refractivity contribution in [2.45, 2.75) is 11.5 Å². The maximum Gasteiger partial charge on any atom is 0.361 e. The second-order valence-electron chi connectivity index (χ2n) is 5.94. The summed E-state index contributed by atoms with van der Waals surface area (Å²) < 4.78 is 32.1. The third-order valence-electron chi connectivity index (χ3n) is 4.08. The number of fused-ring (bicyclic) bond motifs is 1. The monoisotopic (exact) mass is 393 g/mol. The van der Waals surface area contributed by atoms with Crippen LogP contribution in [0.15, 0.2) is 83.9 Å². The van der Waals surface area contributed by atoms with Crippen LogP contribution in [0.2, 0.25) is 0 Å². The number of aromatic nitrogens is 3. The summed E-state index contributed by atoms with van der Waals surface area (Å²) >= 11 is 0. The zero-order chi connectivity index (χ0) is 19.6. The lowest BCUT2D eigenvalue weighted by Crippen LogP contribution is -2.15. The van der Waals surface area contributed by atoms with E-state index in [1.165, 1.54) is 18.3 Å². The third kappa shape index (κ3) is 3.25. The minimum absolute atomic E-state index is 0.0479. The fourth-order valence-electron chi connectivity index (χ4n) is 2.73. The van der Waals surface area contributed by atoms with E-state index in [0.717, 1.165) is 9.65 Å². The van der Waals surface area contributed by atoms with Crippen molar-refractivity contribution in [2.75, 3.05) is 0 Å². The fourth-order valence-corrected chi connectivity index (χ4v) is 4.03. The van der Waals surface area contributed by atoms with Gasteiger partial charge in [0.2, 0.25) is 0 Å². The van der Waals surface area contributed by atoms with Crippen LogP contribution in [-0.2, 0) is 21.4 Å². The summed E-state index contributed by atoms with van der Waals surface area (Å²) in [6.07, 6.45) is 1.47. The quantitative estimate of drug-likeness (QED) is 0.484. The molecule has 0 saturated carbocycles. The van der Waals surface area contributed by atoms with Gasteiger partial charge < -0.3 is 4.74 Å². The van der Waals surface area contributed by atoms with Crippen molar-refractivity contribution < 1.29 is 17.9 Å². The maximum atomic E-state index is 13.0. The molecule has 0 bridgehead atoms. The van der Waals surface area contributed by atoms with E-state index < -0.39 is 16.0 Å². The summed E-state index contributed by atoms with van der Waals surface area (Å²) in [6, 6.07) is 20.2. The minimum Gasteiger partial charge on any atom is -0.456 e. The first-order chi connectivity index (χ1) is 13.6. The maximum absolute atomic E-state index is 13.0. The van der Waals surface area contributed by atoms with Crippen LogP contribution in [0.1, 0.15) is 16.1 Å². The van der Waals surface area contributed by atoms with Gasteiger partial charge in [-0.05, 0) is 29.8 Å². The summed E-state index contributed by atoms with van der Waals surface area (Å²) in [6.45, 7) is 0.0479. The number of hydrogen-bond acceptors (Lipinski definition) is 6. The summed E-state index contributed by atoms with van der Waals surface area (Å²) in [4.78, 5) is 16.8. The standard InChI is InChI=1S/C20H15N3O4S/c24-20(27-14-15-8-3-1-4-9-15)19-18-17(12-7-13-21-18)23(22-19)28(25,26)16-10-5-2-6-11-16/h1-13H,14H2. The largest absolute Gasteiger partial charge is 0.456 e. The van der Waals surface area contributed by atoms with Crippen LogP contribution in [0.3, 0.4) is 0 Å². The van der Waals surface area contributed by atoms with Gasteiger partial charge in [0.15, 0.2) is 5.69 Å². The zero-order valence-electron chi connectivity index (χ0n) is 14.6. The van der Waals surface area contributed by atoms with Crippen molar-refractivity contribution >= 4 is 27.0 Å². The molecule has 0 N–H and O–H groups in total. The highest BCUT2D eigenvalue weighted by Gasteiger charge is 2.26. The number of nitrogens with zero attached hydrogens (tertiary/aromatic N) is 3. The molecule has 0 radical (unpaired) electrons. The normalized spacial score (nSPS) is 11.4. The number of hydrogen-bond donors (Lipinski definition) is 0. The van der Waals surface area contributed by atoms with Crippen molar-refractivity contribution in [3.8, 4) is 0 Å². The van der Waals surface area contributed by atoms with Crippen LogP contribution in [0, 0.1) is 0 Å². The number of carbonyl (C=O) groups excluding carboxylic acids is 1. The molecule has 0 aliphatic carbocycles. The lowest BCUT2D eigenvalue weighted by molar-refractivity contribution is 0.0467. The first-order valence-corrected chi connectivity index (χ1v) is 9.87. The Labute approximate surface area is 161 Å². The van der Waals surface area contributed by atoms with E-state index in [0.29, 0.717) is 0 Å². The molecule has 7 nitrogen and oxygen atoms in total. The van der Waals surface area contributed by atoms with E-state index in [9.17, 15) is 13.2 Å². The first kappa shape index (κ1) is 17.9. The smallest absolute Gasteiger partial charge is 0.361 e. The summed E-state index contributed by atoms with van der Waals surface area (Å²) in [5.41, 5.74) is 1.04. The fraction of sp³-hybridized carbons (Fsp3) is 0.0500. The number of benzene rings is 2. The van der Waals surface area contributed by atoms with Crippen LogP contribution in [0.4, 0.5) is 0 Å². The Bertz CT molecular complexity index is 1240. The van der Waals surface area contributed by atoms with Crippen molar-refractivity contribution in [2.24, 2.45) is 0 Å². The molecule has 0 fully saturated rings. The van der Waals surface area contributed by atoms with E-state index in [4.69, 9.17) is 4.74 Å². The topological polar surface area (TPSA) is 91.1 Å². The van der Waals surface area contributed by atoms with Gasteiger partial charge in [0.1, 0.15) is 17.6 Å². The number of pyridine rings is 1. The number of ether oxygens (including phenoxy) is 1. The number of esters is 1. The predicted octanol–water partition coefficient (Wildman–Crippen LogP) is 3.03. The van der Waals surface area contributed by atoms with E-state index in [1.54, 1.807) is 30.3 Å². The van der Waals surface area contributed by atoms with Crippen LogP contribution >= 0.6 is 0 Å². The predicted molar refractivity (Wildman–Crippen MR) is 102 cm³/mol. The Morgan fingerprint density at radius 2 is 1.61 bits per heavy atom. The Balaban J connectivity index is 1.74. The highest BCUT2D eigenvalue weighted by Crippen LogP contribution is 2.22. The van der Waals surface area contributed by atoms with Gasteiger partial charge in [-0.3, -0.25) is 4.98 Å². The molecular formula is C20H15N3O4S. The molecule has 2 aromatic heterocycles. The lowest BCUT2D eigenvalue weighted by Gasteiger charge is -2.05. The van der Waals surface area contributed by atoms with E-state index in [-0.39, 0.29) is 28.2 Å². The Kier molecular flexibility index (Phi) is 4.62. The number of carbonyl (C=O) groups is 1. The van der Waals surface area contributed by atoms with Gasteiger partial charge in [0.25, 0.3) is 10.0 Å². The van der Waals surface area contributed by atoms with Crippen molar-refractivity contribution in [3.05, 3.63) is 90.3 Å². The molecule has 0 amide bonds. The Hall–Kier alpha value is -3.52. The second kappa shape index (κ2) is 7.24. The highest BCUT2D eigenvalue weighted by atomic mass is 32.2. The summed E-state index contributed by atoms with van der Waals surface area (Å²) in [5, 5.41) is 4.04. The van der Waals surface area contributed by atoms with E-state index >= 15 is 0 Å². The molecule has 0 aliphatic rings. The molecule has 4 rings (SSSR count). The average molecular weight is 393 g/mol. The molecule has 0 spiro atoms. The lowest BCUT2D eigenvalue weighted by atomic mass is 10.2. The Morgan fingerprint density at radius 1 is 0.929 bits per heavy atom. The summed E-state index contributed by atoms with van der Waals surface area (Å²) in [5.74, 6) is -0.741. The van der Waals surface area contributed by atoms with Crippen LogP contribution in [0.5, 0.6) is 0 Å². The second-order valence-corrected chi connectivity index (χ2v) is 7.71. The van der Waals surface area contributed by atoms with Crippen LogP contribution in [0.25, 0.3) is 11.0 Å². The van der Waals surface area contributed by atoms with Crippen LogP contribution < -0.4 is 0 Å². The van der Waals surface area contributed by atoms with Gasteiger partial charge in [0.05, 0.1) is 4.90 Å². The Morgan fingerprint density at radius 3 is 2.32 bits per heavy atom. The van der Waals surface area contributed by atoms with E-state index in [2.05, 4.69) is 10.1 Å². The molecule has 8 heteroatoms. The van der Waals surface area contributed by atoms with Crippen molar-refractivity contribution in [3.63, 3.8) is 0 Å². The molecule has 0 atom stereocenters. The molecule has 0 aliphatic heterocycles. The molecule has 0 unspecified atom stereocenters. The van der Waals surface area contributed by atoms with Gasteiger partial charge in [-0.25, -0.2) is 4.79 Å². The molecule has 2 heterocycles. The van der Waals surface area contributed by atoms with Gasteiger partial charge in [-0.2, -0.15) is 12.5 Å². The van der Waals surface area contributed by atoms with Crippen molar-refractivity contribution in [1.82, 2.24) is 14.2 Å². The molecule has 28 heavy (non-hydrogen) atoms. The number of rotatable bonds is 5. The molecule has 4 aromatic rings. The van der Waals surface area contributed by atoms with E-state index in [1.807, 2.05) is 30.3 Å². The van der Waals surface area contributed by atoms with Crippen LogP contribution in [-0.4, -0.2) is 28.6 Å². The minimum atomic E-state index is -3.99. The molecule has 0 saturated heterocycles. The zero-order valence-corrected chi connectivity index (χ0v) is 15.4. The van der Waals surface area contributed by atoms with Gasteiger partial charge in [0, 0.05) is 6.20 Å². The SMILES string of the molecule is O=C(OCc1ccccc1)c1nn(S(=O)(=O)c2ccccc2)c2cccnc12. The first-order valence-electron chi connectivity index (χ1n) is 8.43. The highest BCUT2D eigenvalue weighted by molar-refractivity contribution is 7.90. The van der Waals surface area contributed by atoms with Gasteiger partial charge in [-0.15, -0.1) is 5.10 Å². The van der Waals surface area contributed by atoms with Gasteiger partial charge >= 0.3 is 5.97 Å². The molecule has 140 valence electrons.